The molecule has 1 aromatic carbocycles. The summed E-state index contributed by atoms with van der Waals surface area (Å²) in [6.45, 7) is 8.60. The lowest BCUT2D eigenvalue weighted by Gasteiger charge is -2.37. The molecule has 1 aliphatic heterocycles. The third-order valence-corrected chi connectivity index (χ3v) is 7.13. The van der Waals surface area contributed by atoms with Gasteiger partial charge in [-0.1, -0.05) is 70.4 Å². The lowest BCUT2D eigenvalue weighted by atomic mass is 9.86. The van der Waals surface area contributed by atoms with E-state index in [2.05, 4.69) is 32.9 Å². The minimum absolute atomic E-state index is 0.0551. The predicted molar refractivity (Wildman–Crippen MR) is 134 cm³/mol. The van der Waals surface area contributed by atoms with Crippen LogP contribution in [0, 0.1) is 13.8 Å². The quantitative estimate of drug-likeness (QED) is 0.223. The summed E-state index contributed by atoms with van der Waals surface area (Å²) in [6, 6.07) is 1.90. The molecular formula is C29H48O2. The van der Waals surface area contributed by atoms with Crippen LogP contribution in [0.1, 0.15) is 127 Å². The fraction of sp³-hybridized carbons (Fsp3) is 0.724. The normalized spacial score (nSPS) is 18.3. The molecule has 0 bridgehead atoms. The molecule has 1 unspecified atom stereocenters. The molecule has 31 heavy (non-hydrogen) atoms. The zero-order chi connectivity index (χ0) is 22.5. The van der Waals surface area contributed by atoms with Gasteiger partial charge in [-0.2, -0.15) is 0 Å². The molecule has 1 aromatic rings. The molecule has 0 radical (unpaired) electrons. The lowest BCUT2D eigenvalue weighted by Crippen LogP contribution is -2.36. The van der Waals surface area contributed by atoms with Gasteiger partial charge in [0.15, 0.2) is 0 Å². The number of aryl methyl sites for hydroxylation is 1. The van der Waals surface area contributed by atoms with E-state index in [0.29, 0.717) is 5.75 Å². The second-order valence-corrected chi connectivity index (χ2v) is 10.0. The fourth-order valence-electron chi connectivity index (χ4n) is 4.71. The van der Waals surface area contributed by atoms with Gasteiger partial charge in [-0.25, -0.2) is 0 Å². The van der Waals surface area contributed by atoms with E-state index < -0.39 is 0 Å². The SMILES string of the molecule is CCCCCCCC/C=C/CCCCCCCC1(C)CCc2cc(O)c(C)c(C)c2O1. The maximum atomic E-state index is 10.1. The Morgan fingerprint density at radius 1 is 0.871 bits per heavy atom. The molecule has 0 spiro atoms. The summed E-state index contributed by atoms with van der Waals surface area (Å²) in [7, 11) is 0. The van der Waals surface area contributed by atoms with E-state index in [1.807, 2.05) is 13.0 Å². The number of unbranched alkanes of at least 4 members (excludes halogenated alkanes) is 11. The van der Waals surface area contributed by atoms with Crippen molar-refractivity contribution in [3.63, 3.8) is 0 Å². The number of fused-ring (bicyclic) bond motifs is 1. The van der Waals surface area contributed by atoms with Crippen molar-refractivity contribution in [1.29, 1.82) is 0 Å². The van der Waals surface area contributed by atoms with Crippen LogP contribution in [0.4, 0.5) is 0 Å². The smallest absolute Gasteiger partial charge is 0.126 e. The van der Waals surface area contributed by atoms with Crippen molar-refractivity contribution in [3.05, 3.63) is 34.9 Å². The van der Waals surface area contributed by atoms with Crippen molar-refractivity contribution in [2.75, 3.05) is 0 Å². The minimum Gasteiger partial charge on any atom is -0.508 e. The maximum Gasteiger partial charge on any atom is 0.126 e. The Morgan fingerprint density at radius 3 is 2.10 bits per heavy atom. The van der Waals surface area contributed by atoms with E-state index in [1.165, 1.54) is 89.0 Å². The van der Waals surface area contributed by atoms with Gasteiger partial charge in [-0.15, -0.1) is 0 Å². The van der Waals surface area contributed by atoms with Crippen LogP contribution in [0.15, 0.2) is 18.2 Å². The monoisotopic (exact) mass is 428 g/mol. The molecule has 1 atom stereocenters. The van der Waals surface area contributed by atoms with Crippen LogP contribution >= 0.6 is 0 Å². The molecule has 2 rings (SSSR count). The zero-order valence-electron chi connectivity index (χ0n) is 20.9. The molecule has 2 nitrogen and oxygen atoms in total. The number of phenols is 1. The number of allylic oxidation sites excluding steroid dienone is 2. The molecule has 0 aliphatic carbocycles. The third kappa shape index (κ3) is 8.91. The summed E-state index contributed by atoms with van der Waals surface area (Å²) < 4.78 is 6.48. The Hall–Kier alpha value is -1.44. The molecule has 0 saturated heterocycles. The van der Waals surface area contributed by atoms with Crippen molar-refractivity contribution in [3.8, 4) is 11.5 Å². The first-order valence-electron chi connectivity index (χ1n) is 13.1. The Balaban J connectivity index is 1.52. The molecule has 1 aliphatic rings. The number of aromatic hydroxyl groups is 1. The number of hydrogen-bond donors (Lipinski definition) is 1. The summed E-state index contributed by atoms with van der Waals surface area (Å²) in [5, 5.41) is 10.1. The van der Waals surface area contributed by atoms with Gasteiger partial charge in [-0.05, 0) is 94.9 Å². The van der Waals surface area contributed by atoms with Gasteiger partial charge in [-0.3, -0.25) is 0 Å². The van der Waals surface area contributed by atoms with Crippen molar-refractivity contribution >= 4 is 0 Å². The minimum atomic E-state index is -0.0551. The molecule has 1 N–H and O–H groups in total. The number of benzene rings is 1. The number of hydrogen-bond acceptors (Lipinski definition) is 2. The summed E-state index contributed by atoms with van der Waals surface area (Å²) >= 11 is 0. The molecule has 0 saturated carbocycles. The highest BCUT2D eigenvalue weighted by Gasteiger charge is 2.32. The first-order chi connectivity index (χ1) is 15.0. The molecule has 0 aromatic heterocycles. The standard InChI is InChI=1S/C29H48O2/c1-5-6-7-8-9-10-11-12-13-14-15-16-17-18-19-21-29(4)22-20-26-23-27(30)24(2)25(3)28(26)31-29/h12-13,23,30H,5-11,14-22H2,1-4H3/b13-12+. The van der Waals surface area contributed by atoms with E-state index in [9.17, 15) is 5.11 Å². The van der Waals surface area contributed by atoms with Crippen LogP contribution in [-0.4, -0.2) is 10.7 Å². The second kappa shape index (κ2) is 13.9. The maximum absolute atomic E-state index is 10.1. The lowest BCUT2D eigenvalue weighted by molar-refractivity contribution is 0.0524. The number of rotatable bonds is 15. The van der Waals surface area contributed by atoms with Crippen LogP contribution in [0.2, 0.25) is 0 Å². The summed E-state index contributed by atoms with van der Waals surface area (Å²) in [4.78, 5) is 0. The Labute approximate surface area is 192 Å². The Morgan fingerprint density at radius 2 is 1.45 bits per heavy atom. The van der Waals surface area contributed by atoms with Gasteiger partial charge in [0.1, 0.15) is 17.1 Å². The highest BCUT2D eigenvalue weighted by atomic mass is 16.5. The average Bonchev–Trinajstić information content (AvgIpc) is 2.76. The van der Waals surface area contributed by atoms with Gasteiger partial charge in [0.05, 0.1) is 0 Å². The van der Waals surface area contributed by atoms with Gasteiger partial charge in [0.2, 0.25) is 0 Å². The number of ether oxygens (including phenoxy) is 1. The second-order valence-electron chi connectivity index (χ2n) is 10.0. The summed E-state index contributed by atoms with van der Waals surface area (Å²) in [6.07, 6.45) is 25.4. The topological polar surface area (TPSA) is 29.5 Å². The molecule has 0 amide bonds. The third-order valence-electron chi connectivity index (χ3n) is 7.13. The van der Waals surface area contributed by atoms with E-state index >= 15 is 0 Å². The zero-order valence-corrected chi connectivity index (χ0v) is 20.9. The van der Waals surface area contributed by atoms with Gasteiger partial charge < -0.3 is 9.84 Å². The van der Waals surface area contributed by atoms with E-state index in [4.69, 9.17) is 4.74 Å². The van der Waals surface area contributed by atoms with E-state index in [-0.39, 0.29) is 5.60 Å². The largest absolute Gasteiger partial charge is 0.508 e. The Kier molecular flexibility index (Phi) is 11.5. The van der Waals surface area contributed by atoms with Crippen LogP contribution in [0.25, 0.3) is 0 Å². The van der Waals surface area contributed by atoms with Crippen LogP contribution in [0.3, 0.4) is 0 Å². The van der Waals surface area contributed by atoms with Crippen molar-refractivity contribution in [2.45, 2.75) is 136 Å². The van der Waals surface area contributed by atoms with Crippen LogP contribution in [0.5, 0.6) is 11.5 Å². The first kappa shape index (κ1) is 25.8. The van der Waals surface area contributed by atoms with Gasteiger partial charge in [0.25, 0.3) is 0 Å². The van der Waals surface area contributed by atoms with Gasteiger partial charge >= 0.3 is 0 Å². The van der Waals surface area contributed by atoms with Crippen molar-refractivity contribution < 1.29 is 9.84 Å². The van der Waals surface area contributed by atoms with Crippen LogP contribution in [-0.2, 0) is 6.42 Å². The highest BCUT2D eigenvalue weighted by molar-refractivity contribution is 5.53. The first-order valence-corrected chi connectivity index (χ1v) is 13.1. The molecule has 2 heteroatoms. The molecule has 176 valence electrons. The van der Waals surface area contributed by atoms with Crippen LogP contribution < -0.4 is 4.74 Å². The van der Waals surface area contributed by atoms with E-state index in [0.717, 1.165) is 36.1 Å². The highest BCUT2D eigenvalue weighted by Crippen LogP contribution is 2.41. The number of phenolic OH excluding ortho intramolecular Hbond substituents is 1. The van der Waals surface area contributed by atoms with Gasteiger partial charge in [0, 0.05) is 0 Å². The predicted octanol–water partition coefficient (Wildman–Crippen LogP) is 9.13. The van der Waals surface area contributed by atoms with Crippen molar-refractivity contribution in [2.24, 2.45) is 0 Å². The summed E-state index contributed by atoms with van der Waals surface area (Å²) in [5.41, 5.74) is 3.16. The molecular weight excluding hydrogens is 380 g/mol. The Bertz CT molecular complexity index is 676. The summed E-state index contributed by atoms with van der Waals surface area (Å²) in [5.74, 6) is 1.43. The van der Waals surface area contributed by atoms with E-state index in [1.54, 1.807) is 0 Å². The average molecular weight is 429 g/mol. The van der Waals surface area contributed by atoms with Crippen molar-refractivity contribution in [1.82, 2.24) is 0 Å². The molecule has 1 heterocycles. The fourth-order valence-corrected chi connectivity index (χ4v) is 4.71. The molecule has 0 fully saturated rings.